The number of nitrogens with zero attached hydrogens (tertiary/aromatic N) is 1. The molecule has 1 aromatic heterocycles. The van der Waals surface area contributed by atoms with Gasteiger partial charge >= 0.3 is 0 Å². The largest absolute Gasteiger partial charge is 0.482 e. The first-order valence-corrected chi connectivity index (χ1v) is 7.74. The molecule has 0 saturated carbocycles. The number of carbonyl (C=O) groups excluding carboxylic acids is 1. The number of benzene rings is 1. The maximum absolute atomic E-state index is 11.7. The lowest BCUT2D eigenvalue weighted by molar-refractivity contribution is 0.101. The minimum absolute atomic E-state index is 0.0975. The van der Waals surface area contributed by atoms with Crippen molar-refractivity contribution >= 4 is 11.5 Å². The molecule has 25 heavy (non-hydrogen) atoms. The number of ether oxygens (including phenoxy) is 2. The predicted molar refractivity (Wildman–Crippen MR) is 90.6 cm³/mol. The molecule has 2 heterocycles. The van der Waals surface area contributed by atoms with Crippen molar-refractivity contribution in [2.75, 3.05) is 6.61 Å². The molecule has 0 aliphatic carbocycles. The van der Waals surface area contributed by atoms with Crippen LogP contribution in [0.5, 0.6) is 11.6 Å². The summed E-state index contributed by atoms with van der Waals surface area (Å²) in [5.74, 6) is 0.958. The monoisotopic (exact) mass is 342 g/mol. The second kappa shape index (κ2) is 6.18. The van der Waals surface area contributed by atoms with Crippen LogP contribution in [0.4, 0.5) is 0 Å². The number of aliphatic hydroxyl groups excluding tert-OH is 1. The molecule has 0 spiro atoms. The highest BCUT2D eigenvalue weighted by atomic mass is 16.5. The third kappa shape index (κ3) is 3.18. The first-order chi connectivity index (χ1) is 11.8. The van der Waals surface area contributed by atoms with Crippen LogP contribution in [-0.4, -0.2) is 33.3 Å². The van der Waals surface area contributed by atoms with Crippen LogP contribution in [0.1, 0.15) is 36.7 Å². The number of nitrogens with one attached hydrogen (secondary N) is 1. The second-order valence-electron chi connectivity index (χ2n) is 6.21. The fourth-order valence-corrected chi connectivity index (χ4v) is 2.66. The summed E-state index contributed by atoms with van der Waals surface area (Å²) in [5.41, 5.74) is 0.389. The van der Waals surface area contributed by atoms with Gasteiger partial charge in [-0.1, -0.05) is 0 Å². The van der Waals surface area contributed by atoms with Crippen molar-refractivity contribution in [2.24, 2.45) is 0 Å². The number of ketones is 1. The summed E-state index contributed by atoms with van der Waals surface area (Å²) in [6.45, 7) is 4.79. The summed E-state index contributed by atoms with van der Waals surface area (Å²) < 4.78 is 11.8. The van der Waals surface area contributed by atoms with E-state index in [1.165, 1.54) is 19.1 Å². The molecule has 0 bridgehead atoms. The Morgan fingerprint density at radius 3 is 2.68 bits per heavy atom. The number of aromatic amines is 1. The Morgan fingerprint density at radius 2 is 2.08 bits per heavy atom. The Kier molecular flexibility index (Phi) is 4.18. The van der Waals surface area contributed by atoms with Crippen LogP contribution >= 0.6 is 0 Å². The normalized spacial score (nSPS) is 15.4. The SMILES string of the molecule is CC(=O)c1ccc2c(c1)C(Oc1ccc(=O)[nH]n1)=C(CO)C(C)(C)O2. The lowest BCUT2D eigenvalue weighted by Gasteiger charge is -2.35. The molecule has 7 nitrogen and oxygen atoms in total. The summed E-state index contributed by atoms with van der Waals surface area (Å²) in [4.78, 5) is 22.9. The van der Waals surface area contributed by atoms with Gasteiger partial charge in [0, 0.05) is 23.3 Å². The zero-order valence-electron chi connectivity index (χ0n) is 14.1. The summed E-state index contributed by atoms with van der Waals surface area (Å²) in [7, 11) is 0. The van der Waals surface area contributed by atoms with Crippen molar-refractivity contribution in [1.82, 2.24) is 10.2 Å². The van der Waals surface area contributed by atoms with Crippen LogP contribution in [0.3, 0.4) is 0 Å². The number of carbonyl (C=O) groups is 1. The standard InChI is InChI=1S/C18H18N2O5/c1-10(22)11-4-5-14-12(8-11)17(13(9-21)18(2,3)25-14)24-16-7-6-15(23)19-20-16/h4-8,21H,9H2,1-3H3,(H,19,23). The van der Waals surface area contributed by atoms with Crippen LogP contribution < -0.4 is 15.0 Å². The average Bonchev–Trinajstić information content (AvgIpc) is 2.55. The molecule has 0 radical (unpaired) electrons. The molecule has 2 aromatic rings. The van der Waals surface area contributed by atoms with Gasteiger partial charge < -0.3 is 14.6 Å². The summed E-state index contributed by atoms with van der Waals surface area (Å²) >= 11 is 0. The maximum atomic E-state index is 11.7. The van der Waals surface area contributed by atoms with E-state index in [9.17, 15) is 14.7 Å². The number of H-pyrrole nitrogens is 1. The van der Waals surface area contributed by atoms with Gasteiger partial charge in [-0.2, -0.15) is 0 Å². The zero-order chi connectivity index (χ0) is 18.2. The third-order valence-corrected chi connectivity index (χ3v) is 4.01. The lowest BCUT2D eigenvalue weighted by Crippen LogP contribution is -2.37. The Balaban J connectivity index is 2.17. The van der Waals surface area contributed by atoms with E-state index < -0.39 is 5.60 Å². The fourth-order valence-electron chi connectivity index (χ4n) is 2.66. The molecule has 0 atom stereocenters. The van der Waals surface area contributed by atoms with Crippen LogP contribution in [0.25, 0.3) is 5.76 Å². The number of aliphatic hydroxyl groups is 1. The molecular weight excluding hydrogens is 324 g/mol. The molecule has 7 heteroatoms. The Morgan fingerprint density at radius 1 is 1.32 bits per heavy atom. The maximum Gasteiger partial charge on any atom is 0.264 e. The van der Waals surface area contributed by atoms with Crippen LogP contribution in [0, 0.1) is 0 Å². The quantitative estimate of drug-likeness (QED) is 0.823. The van der Waals surface area contributed by atoms with Crippen molar-refractivity contribution < 1.29 is 19.4 Å². The van der Waals surface area contributed by atoms with Gasteiger partial charge in [-0.25, -0.2) is 5.10 Å². The van der Waals surface area contributed by atoms with Crippen LogP contribution in [-0.2, 0) is 0 Å². The number of fused-ring (bicyclic) bond motifs is 1. The van der Waals surface area contributed by atoms with E-state index in [1.54, 1.807) is 18.2 Å². The lowest BCUT2D eigenvalue weighted by atomic mass is 9.90. The van der Waals surface area contributed by atoms with E-state index in [0.717, 1.165) is 0 Å². The van der Waals surface area contributed by atoms with Gasteiger partial charge in [0.2, 0.25) is 5.88 Å². The molecular formula is C18H18N2O5. The predicted octanol–water partition coefficient (Wildman–Crippen LogP) is 1.93. The Hall–Kier alpha value is -2.93. The van der Waals surface area contributed by atoms with Crippen molar-refractivity contribution in [2.45, 2.75) is 26.4 Å². The van der Waals surface area contributed by atoms with Gasteiger partial charge in [-0.05, 0) is 39.0 Å². The van der Waals surface area contributed by atoms with E-state index in [4.69, 9.17) is 9.47 Å². The molecule has 1 aliphatic heterocycles. The number of hydrogen-bond acceptors (Lipinski definition) is 6. The van der Waals surface area contributed by atoms with E-state index in [-0.39, 0.29) is 23.8 Å². The minimum atomic E-state index is -0.809. The molecule has 0 unspecified atom stereocenters. The zero-order valence-corrected chi connectivity index (χ0v) is 14.1. The van der Waals surface area contributed by atoms with E-state index in [2.05, 4.69) is 10.2 Å². The fraction of sp³-hybridized carbons (Fsp3) is 0.278. The van der Waals surface area contributed by atoms with E-state index in [1.807, 2.05) is 13.8 Å². The number of Topliss-reactive ketones (excluding diaryl/α,β-unsaturated/α-hetero) is 1. The van der Waals surface area contributed by atoms with Gasteiger partial charge in [0.05, 0.1) is 12.2 Å². The highest BCUT2D eigenvalue weighted by Gasteiger charge is 2.36. The molecule has 130 valence electrons. The molecule has 3 rings (SSSR count). The first-order valence-electron chi connectivity index (χ1n) is 7.74. The number of rotatable bonds is 4. The van der Waals surface area contributed by atoms with Crippen molar-refractivity contribution in [3.8, 4) is 11.6 Å². The van der Waals surface area contributed by atoms with Gasteiger partial charge in [0.1, 0.15) is 17.1 Å². The van der Waals surface area contributed by atoms with Crippen LogP contribution in [0.15, 0.2) is 40.7 Å². The summed E-state index contributed by atoms with van der Waals surface area (Å²) in [6.07, 6.45) is 0. The Labute approximate surface area is 143 Å². The van der Waals surface area contributed by atoms with E-state index in [0.29, 0.717) is 28.2 Å². The Bertz CT molecular complexity index is 907. The van der Waals surface area contributed by atoms with Crippen molar-refractivity contribution in [3.63, 3.8) is 0 Å². The number of aromatic nitrogens is 2. The van der Waals surface area contributed by atoms with Crippen molar-refractivity contribution in [1.29, 1.82) is 0 Å². The smallest absolute Gasteiger partial charge is 0.264 e. The molecule has 0 amide bonds. The molecule has 0 saturated heterocycles. The average molecular weight is 342 g/mol. The van der Waals surface area contributed by atoms with Crippen molar-refractivity contribution in [3.05, 3.63) is 57.4 Å². The van der Waals surface area contributed by atoms with Gasteiger partial charge in [-0.15, -0.1) is 5.10 Å². The first kappa shape index (κ1) is 16.9. The third-order valence-electron chi connectivity index (χ3n) is 4.01. The number of hydrogen-bond donors (Lipinski definition) is 2. The second-order valence-corrected chi connectivity index (χ2v) is 6.21. The van der Waals surface area contributed by atoms with Crippen LogP contribution in [0.2, 0.25) is 0 Å². The molecule has 2 N–H and O–H groups in total. The van der Waals surface area contributed by atoms with Gasteiger partial charge in [0.15, 0.2) is 5.78 Å². The topological polar surface area (TPSA) is 102 Å². The minimum Gasteiger partial charge on any atom is -0.482 e. The molecule has 1 aliphatic rings. The summed E-state index contributed by atoms with van der Waals surface area (Å²) in [5, 5.41) is 16.0. The molecule has 1 aromatic carbocycles. The van der Waals surface area contributed by atoms with Gasteiger partial charge in [-0.3, -0.25) is 9.59 Å². The molecule has 0 fully saturated rings. The summed E-state index contributed by atoms with van der Waals surface area (Å²) in [6, 6.07) is 7.75. The highest BCUT2D eigenvalue weighted by Crippen LogP contribution is 2.41. The van der Waals surface area contributed by atoms with Gasteiger partial charge in [0.25, 0.3) is 5.56 Å². The highest BCUT2D eigenvalue weighted by molar-refractivity contribution is 5.95. The van der Waals surface area contributed by atoms with E-state index >= 15 is 0 Å².